The highest BCUT2D eigenvalue weighted by molar-refractivity contribution is 6.31. The maximum atomic E-state index is 9.44. The smallest absolute Gasteiger partial charge is 0.106 e. The van der Waals surface area contributed by atoms with Crippen LogP contribution in [0.2, 0.25) is 5.02 Å². The van der Waals surface area contributed by atoms with Crippen LogP contribution in [0, 0.1) is 0 Å². The molecular formula is C9H11ClO2. The van der Waals surface area contributed by atoms with Crippen LogP contribution in [0.25, 0.3) is 0 Å². The van der Waals surface area contributed by atoms with Gasteiger partial charge in [-0.1, -0.05) is 29.8 Å². The van der Waals surface area contributed by atoms with Gasteiger partial charge in [0.15, 0.2) is 0 Å². The summed E-state index contributed by atoms with van der Waals surface area (Å²) in [4.78, 5) is 0. The molecule has 0 bridgehead atoms. The van der Waals surface area contributed by atoms with Crippen molar-refractivity contribution in [2.45, 2.75) is 19.1 Å². The Morgan fingerprint density at radius 3 is 2.33 bits per heavy atom. The second-order valence-electron chi connectivity index (χ2n) is 2.71. The number of aliphatic hydroxyl groups excluding tert-OH is 2. The molecule has 1 aromatic carbocycles. The van der Waals surface area contributed by atoms with E-state index in [0.717, 1.165) is 0 Å². The number of aliphatic hydroxyl groups is 2. The van der Waals surface area contributed by atoms with Crippen molar-refractivity contribution in [2.24, 2.45) is 0 Å². The molecule has 0 amide bonds. The van der Waals surface area contributed by atoms with Crippen LogP contribution in [0.1, 0.15) is 18.6 Å². The molecule has 0 spiro atoms. The zero-order valence-electron chi connectivity index (χ0n) is 6.74. The molecule has 0 saturated carbocycles. The predicted octanol–water partition coefficient (Wildman–Crippen LogP) is 1.75. The minimum Gasteiger partial charge on any atom is -0.390 e. The van der Waals surface area contributed by atoms with E-state index < -0.39 is 12.2 Å². The summed E-state index contributed by atoms with van der Waals surface area (Å²) in [6.45, 7) is 1.52. The van der Waals surface area contributed by atoms with Gasteiger partial charge in [-0.05, 0) is 13.0 Å². The van der Waals surface area contributed by atoms with Gasteiger partial charge in [0.1, 0.15) is 6.10 Å². The van der Waals surface area contributed by atoms with Gasteiger partial charge >= 0.3 is 0 Å². The standard InChI is InChI=1S/C9H11ClO2/c1-6(11)9(12)7-4-2-3-5-8(7)10/h2-6,9,11-12H,1H3/t6?,9-/m1/s1. The highest BCUT2D eigenvalue weighted by Gasteiger charge is 2.15. The van der Waals surface area contributed by atoms with E-state index in [1.165, 1.54) is 6.92 Å². The second-order valence-corrected chi connectivity index (χ2v) is 3.11. The monoisotopic (exact) mass is 186 g/mol. The summed E-state index contributed by atoms with van der Waals surface area (Å²) in [6.07, 6.45) is -1.71. The SMILES string of the molecule is CC(O)[C@@H](O)c1ccccc1Cl. The molecule has 0 aliphatic carbocycles. The number of halogens is 1. The fourth-order valence-corrected chi connectivity index (χ4v) is 1.22. The quantitative estimate of drug-likeness (QED) is 0.739. The molecule has 0 heterocycles. The van der Waals surface area contributed by atoms with Gasteiger partial charge in [-0.3, -0.25) is 0 Å². The van der Waals surface area contributed by atoms with E-state index in [1.807, 2.05) is 0 Å². The Balaban J connectivity index is 2.94. The highest BCUT2D eigenvalue weighted by atomic mass is 35.5. The first-order valence-corrected chi connectivity index (χ1v) is 4.11. The fourth-order valence-electron chi connectivity index (χ4n) is 0.975. The molecule has 12 heavy (non-hydrogen) atoms. The van der Waals surface area contributed by atoms with Crippen LogP contribution in [0.5, 0.6) is 0 Å². The molecule has 0 fully saturated rings. The van der Waals surface area contributed by atoms with Gasteiger partial charge in [-0.2, -0.15) is 0 Å². The second kappa shape index (κ2) is 3.90. The van der Waals surface area contributed by atoms with E-state index in [0.29, 0.717) is 10.6 Å². The molecular weight excluding hydrogens is 176 g/mol. The maximum absolute atomic E-state index is 9.44. The molecule has 2 atom stereocenters. The van der Waals surface area contributed by atoms with Crippen LogP contribution in [0.15, 0.2) is 24.3 Å². The topological polar surface area (TPSA) is 40.5 Å². The number of hydrogen-bond donors (Lipinski definition) is 2. The van der Waals surface area contributed by atoms with E-state index in [1.54, 1.807) is 24.3 Å². The summed E-state index contributed by atoms with van der Waals surface area (Å²) in [5, 5.41) is 19.0. The summed E-state index contributed by atoms with van der Waals surface area (Å²) in [5.74, 6) is 0. The first-order chi connectivity index (χ1) is 5.63. The minimum atomic E-state index is -0.904. The van der Waals surface area contributed by atoms with Crippen LogP contribution >= 0.6 is 11.6 Å². The molecule has 0 aliphatic rings. The third kappa shape index (κ3) is 1.97. The Bertz CT molecular complexity index is 260. The van der Waals surface area contributed by atoms with Gasteiger partial charge in [-0.15, -0.1) is 0 Å². The molecule has 2 nitrogen and oxygen atoms in total. The molecule has 1 unspecified atom stereocenters. The first-order valence-electron chi connectivity index (χ1n) is 3.73. The predicted molar refractivity (Wildman–Crippen MR) is 48.1 cm³/mol. The van der Waals surface area contributed by atoms with E-state index in [9.17, 15) is 5.11 Å². The van der Waals surface area contributed by atoms with Gasteiger partial charge in [0.2, 0.25) is 0 Å². The Morgan fingerprint density at radius 1 is 1.25 bits per heavy atom. The third-order valence-electron chi connectivity index (χ3n) is 1.68. The Hall–Kier alpha value is -0.570. The van der Waals surface area contributed by atoms with E-state index in [4.69, 9.17) is 16.7 Å². The van der Waals surface area contributed by atoms with Crippen LogP contribution in [0.3, 0.4) is 0 Å². The average molecular weight is 187 g/mol. The lowest BCUT2D eigenvalue weighted by atomic mass is 10.1. The Labute approximate surface area is 76.4 Å². The fraction of sp³-hybridized carbons (Fsp3) is 0.333. The molecule has 0 aliphatic heterocycles. The van der Waals surface area contributed by atoms with Crippen molar-refractivity contribution in [3.63, 3.8) is 0 Å². The van der Waals surface area contributed by atoms with Crippen molar-refractivity contribution >= 4 is 11.6 Å². The molecule has 0 radical (unpaired) electrons. The van der Waals surface area contributed by atoms with Crippen molar-refractivity contribution in [1.82, 2.24) is 0 Å². The molecule has 3 heteroatoms. The molecule has 2 N–H and O–H groups in total. The first kappa shape index (κ1) is 9.52. The van der Waals surface area contributed by atoms with Gasteiger partial charge in [0, 0.05) is 10.6 Å². The number of rotatable bonds is 2. The third-order valence-corrected chi connectivity index (χ3v) is 2.03. The normalized spacial score (nSPS) is 15.7. The lowest BCUT2D eigenvalue weighted by Crippen LogP contribution is -2.13. The highest BCUT2D eigenvalue weighted by Crippen LogP contribution is 2.24. The number of benzene rings is 1. The van der Waals surface area contributed by atoms with Crippen molar-refractivity contribution in [3.05, 3.63) is 34.9 Å². The largest absolute Gasteiger partial charge is 0.390 e. The molecule has 0 aromatic heterocycles. The van der Waals surface area contributed by atoms with Gasteiger partial charge in [0.25, 0.3) is 0 Å². The van der Waals surface area contributed by atoms with Crippen molar-refractivity contribution in [3.8, 4) is 0 Å². The maximum Gasteiger partial charge on any atom is 0.106 e. The van der Waals surface area contributed by atoms with Gasteiger partial charge < -0.3 is 10.2 Å². The Kier molecular flexibility index (Phi) is 3.09. The lowest BCUT2D eigenvalue weighted by molar-refractivity contribution is 0.0306. The average Bonchev–Trinajstić information content (AvgIpc) is 2.04. The van der Waals surface area contributed by atoms with Crippen molar-refractivity contribution < 1.29 is 10.2 Å². The summed E-state index contributed by atoms with van der Waals surface area (Å²) < 4.78 is 0. The minimum absolute atomic E-state index is 0.478. The summed E-state index contributed by atoms with van der Waals surface area (Å²) >= 11 is 5.79. The lowest BCUT2D eigenvalue weighted by Gasteiger charge is -2.14. The summed E-state index contributed by atoms with van der Waals surface area (Å²) in [7, 11) is 0. The van der Waals surface area contributed by atoms with E-state index in [2.05, 4.69) is 0 Å². The van der Waals surface area contributed by atoms with E-state index in [-0.39, 0.29) is 0 Å². The van der Waals surface area contributed by atoms with Gasteiger partial charge in [0.05, 0.1) is 6.10 Å². The van der Waals surface area contributed by atoms with Gasteiger partial charge in [-0.25, -0.2) is 0 Å². The van der Waals surface area contributed by atoms with Crippen molar-refractivity contribution in [1.29, 1.82) is 0 Å². The Morgan fingerprint density at radius 2 is 1.83 bits per heavy atom. The van der Waals surface area contributed by atoms with Crippen LogP contribution in [-0.4, -0.2) is 16.3 Å². The zero-order valence-corrected chi connectivity index (χ0v) is 7.49. The molecule has 66 valence electrons. The van der Waals surface area contributed by atoms with Crippen LogP contribution in [0.4, 0.5) is 0 Å². The van der Waals surface area contributed by atoms with Crippen LogP contribution in [-0.2, 0) is 0 Å². The molecule has 1 rings (SSSR count). The number of hydrogen-bond acceptors (Lipinski definition) is 2. The summed E-state index contributed by atoms with van der Waals surface area (Å²) in [6, 6.07) is 6.93. The van der Waals surface area contributed by atoms with E-state index >= 15 is 0 Å². The van der Waals surface area contributed by atoms with Crippen molar-refractivity contribution in [2.75, 3.05) is 0 Å². The molecule has 1 aromatic rings. The molecule has 0 saturated heterocycles. The van der Waals surface area contributed by atoms with Crippen LogP contribution < -0.4 is 0 Å². The zero-order chi connectivity index (χ0) is 9.14. The summed E-state index contributed by atoms with van der Waals surface area (Å²) in [5.41, 5.74) is 0.564.